The number of hydrogen-bond donors (Lipinski definition) is 2. The average molecular weight is 130 g/mol. The van der Waals surface area contributed by atoms with Gasteiger partial charge in [-0.1, -0.05) is 5.11 Å². The number of carbonyl (C=O) groups is 1. The van der Waals surface area contributed by atoms with Crippen molar-refractivity contribution in [3.05, 3.63) is 10.4 Å². The van der Waals surface area contributed by atoms with E-state index in [0.717, 1.165) is 0 Å². The van der Waals surface area contributed by atoms with E-state index in [0.29, 0.717) is 0 Å². The highest BCUT2D eigenvalue weighted by atomic mass is 16.3. The monoisotopic (exact) mass is 130 g/mol. The molecule has 0 aliphatic carbocycles. The lowest BCUT2D eigenvalue weighted by molar-refractivity contribution is -0.119. The maximum atomic E-state index is 10.1. The van der Waals surface area contributed by atoms with Crippen molar-refractivity contribution in [1.29, 1.82) is 0 Å². The van der Waals surface area contributed by atoms with E-state index in [-0.39, 0.29) is 0 Å². The molecule has 9 heavy (non-hydrogen) atoms. The first-order valence-corrected chi connectivity index (χ1v) is 2.16. The molecule has 0 aliphatic heterocycles. The zero-order chi connectivity index (χ0) is 7.28. The molecule has 0 heterocycles. The van der Waals surface area contributed by atoms with Crippen LogP contribution in [0.25, 0.3) is 10.4 Å². The first-order valence-electron chi connectivity index (χ1n) is 2.16. The van der Waals surface area contributed by atoms with Crippen LogP contribution in [0.15, 0.2) is 5.11 Å². The molecule has 0 aliphatic rings. The van der Waals surface area contributed by atoms with Gasteiger partial charge in [0.15, 0.2) is 0 Å². The third-order valence-electron chi connectivity index (χ3n) is 0.692. The number of nitrogens with two attached hydrogens (primary N) is 1. The van der Waals surface area contributed by atoms with Crippen LogP contribution in [0.5, 0.6) is 0 Å². The predicted octanol–water partition coefficient (Wildman–Crippen LogP) is -0.857. The molecule has 0 aromatic heterocycles. The van der Waals surface area contributed by atoms with Gasteiger partial charge in [0.2, 0.25) is 5.91 Å². The third kappa shape index (κ3) is 2.53. The molecule has 0 spiro atoms. The molecule has 0 fully saturated rings. The van der Waals surface area contributed by atoms with Crippen LogP contribution in [-0.4, -0.2) is 23.7 Å². The van der Waals surface area contributed by atoms with E-state index in [2.05, 4.69) is 15.8 Å². The molecule has 50 valence electrons. The molecule has 0 rings (SSSR count). The van der Waals surface area contributed by atoms with Crippen molar-refractivity contribution in [3.63, 3.8) is 0 Å². The van der Waals surface area contributed by atoms with Gasteiger partial charge in [-0.2, -0.15) is 0 Å². The maximum absolute atomic E-state index is 10.1. The molecule has 0 saturated carbocycles. The number of nitrogens with zero attached hydrogens (tertiary/aromatic N) is 3. The Kier molecular flexibility index (Phi) is 3.19. The predicted molar refractivity (Wildman–Crippen MR) is 29.2 cm³/mol. The standard InChI is InChI=1S/C3H6N4O2/c4-3(9)2(1-8)6-7-5/h2,8H,1H2,(H2,4,9)/t2-/m0/s1. The number of rotatable bonds is 3. The second-order valence-corrected chi connectivity index (χ2v) is 1.31. The van der Waals surface area contributed by atoms with E-state index in [1.807, 2.05) is 0 Å². The van der Waals surface area contributed by atoms with Gasteiger partial charge in [0, 0.05) is 4.91 Å². The van der Waals surface area contributed by atoms with Gasteiger partial charge < -0.3 is 10.8 Å². The molecule has 0 radical (unpaired) electrons. The minimum atomic E-state index is -1.13. The third-order valence-corrected chi connectivity index (χ3v) is 0.692. The van der Waals surface area contributed by atoms with Gasteiger partial charge in [-0.05, 0) is 5.53 Å². The molecule has 0 saturated heterocycles. The Morgan fingerprint density at radius 3 is 2.67 bits per heavy atom. The molecular formula is C3H6N4O2. The summed E-state index contributed by atoms with van der Waals surface area (Å²) >= 11 is 0. The van der Waals surface area contributed by atoms with E-state index < -0.39 is 18.6 Å². The number of azide groups is 1. The summed E-state index contributed by atoms with van der Waals surface area (Å²) in [5, 5.41) is 11.2. The van der Waals surface area contributed by atoms with Crippen molar-refractivity contribution in [2.24, 2.45) is 10.8 Å². The van der Waals surface area contributed by atoms with Gasteiger partial charge in [-0.25, -0.2) is 0 Å². The number of amides is 1. The lowest BCUT2D eigenvalue weighted by Gasteiger charge is -1.97. The molecule has 0 unspecified atom stereocenters. The fourth-order valence-corrected chi connectivity index (χ4v) is 0.246. The first kappa shape index (κ1) is 7.74. The van der Waals surface area contributed by atoms with Gasteiger partial charge in [0.05, 0.1) is 6.61 Å². The SMILES string of the molecule is [N-]=[N+]=N[C@@H](CO)C(N)=O. The number of aliphatic hydroxyl groups excluding tert-OH is 1. The summed E-state index contributed by atoms with van der Waals surface area (Å²) in [6.07, 6.45) is 0. The smallest absolute Gasteiger partial charge is 0.228 e. The second-order valence-electron chi connectivity index (χ2n) is 1.31. The van der Waals surface area contributed by atoms with Gasteiger partial charge >= 0.3 is 0 Å². The van der Waals surface area contributed by atoms with E-state index >= 15 is 0 Å². The quantitative estimate of drug-likeness (QED) is 0.294. The normalized spacial score (nSPS) is 11.7. The Morgan fingerprint density at radius 2 is 2.56 bits per heavy atom. The van der Waals surface area contributed by atoms with Crippen LogP contribution in [-0.2, 0) is 4.79 Å². The molecule has 1 atom stereocenters. The molecule has 3 N–H and O–H groups in total. The van der Waals surface area contributed by atoms with Crippen LogP contribution in [0.1, 0.15) is 0 Å². The molecule has 0 aromatic carbocycles. The topological polar surface area (TPSA) is 112 Å². The summed E-state index contributed by atoms with van der Waals surface area (Å²) in [4.78, 5) is 12.4. The van der Waals surface area contributed by atoms with Crippen molar-refractivity contribution in [2.45, 2.75) is 6.04 Å². The minimum Gasteiger partial charge on any atom is -0.395 e. The molecule has 0 bridgehead atoms. The maximum Gasteiger partial charge on any atom is 0.228 e. The zero-order valence-corrected chi connectivity index (χ0v) is 4.56. The Balaban J connectivity index is 3.98. The molecule has 1 amide bonds. The average Bonchev–Trinajstić information content (AvgIpc) is 1.82. The van der Waals surface area contributed by atoms with Gasteiger partial charge in [0.25, 0.3) is 0 Å². The van der Waals surface area contributed by atoms with E-state index in [1.54, 1.807) is 0 Å². The Bertz CT molecular complexity index is 148. The number of primary amides is 1. The lowest BCUT2D eigenvalue weighted by Crippen LogP contribution is -2.29. The Morgan fingerprint density at radius 1 is 2.00 bits per heavy atom. The highest BCUT2D eigenvalue weighted by Crippen LogP contribution is 1.86. The zero-order valence-electron chi connectivity index (χ0n) is 4.56. The van der Waals surface area contributed by atoms with Crippen LogP contribution in [0.3, 0.4) is 0 Å². The number of aliphatic hydroxyl groups is 1. The van der Waals surface area contributed by atoms with Crippen LogP contribution in [0, 0.1) is 0 Å². The summed E-state index contributed by atoms with van der Waals surface area (Å²) in [5.41, 5.74) is 12.4. The van der Waals surface area contributed by atoms with E-state index in [4.69, 9.17) is 10.6 Å². The van der Waals surface area contributed by atoms with Crippen LogP contribution < -0.4 is 5.73 Å². The van der Waals surface area contributed by atoms with Gasteiger partial charge in [-0.3, -0.25) is 4.79 Å². The summed E-state index contributed by atoms with van der Waals surface area (Å²) < 4.78 is 0. The van der Waals surface area contributed by atoms with Crippen molar-refractivity contribution < 1.29 is 9.90 Å². The molecular weight excluding hydrogens is 124 g/mol. The van der Waals surface area contributed by atoms with E-state index in [9.17, 15) is 4.79 Å². The van der Waals surface area contributed by atoms with Crippen LogP contribution >= 0.6 is 0 Å². The largest absolute Gasteiger partial charge is 0.395 e. The number of carbonyl (C=O) groups excluding carboxylic acids is 1. The molecule has 0 aromatic rings. The van der Waals surface area contributed by atoms with Crippen LogP contribution in [0.2, 0.25) is 0 Å². The lowest BCUT2D eigenvalue weighted by atomic mass is 10.3. The summed E-state index contributed by atoms with van der Waals surface area (Å²) in [7, 11) is 0. The highest BCUT2D eigenvalue weighted by Gasteiger charge is 2.09. The second kappa shape index (κ2) is 3.71. The van der Waals surface area contributed by atoms with Gasteiger partial charge in [0.1, 0.15) is 6.04 Å². The fourth-order valence-electron chi connectivity index (χ4n) is 0.246. The van der Waals surface area contributed by atoms with E-state index in [1.165, 1.54) is 0 Å². The van der Waals surface area contributed by atoms with Gasteiger partial charge in [-0.15, -0.1) is 0 Å². The summed E-state index contributed by atoms with van der Waals surface area (Å²) in [6.45, 7) is -0.542. The summed E-state index contributed by atoms with van der Waals surface area (Å²) in [5.74, 6) is -0.824. The van der Waals surface area contributed by atoms with Crippen LogP contribution in [0.4, 0.5) is 0 Å². The highest BCUT2D eigenvalue weighted by molar-refractivity contribution is 5.80. The number of hydrogen-bond acceptors (Lipinski definition) is 3. The van der Waals surface area contributed by atoms with Crippen molar-refractivity contribution in [1.82, 2.24) is 0 Å². The molecule has 6 heteroatoms. The first-order chi connectivity index (χ1) is 4.22. The van der Waals surface area contributed by atoms with Crippen molar-refractivity contribution in [2.75, 3.05) is 6.61 Å². The van der Waals surface area contributed by atoms with Crippen molar-refractivity contribution >= 4 is 5.91 Å². The Labute approximate surface area is 50.9 Å². The van der Waals surface area contributed by atoms with Crippen molar-refractivity contribution in [3.8, 4) is 0 Å². The minimum absolute atomic E-state index is 0.542. The molecule has 6 nitrogen and oxygen atoms in total. The fraction of sp³-hybridized carbons (Fsp3) is 0.667. The summed E-state index contributed by atoms with van der Waals surface area (Å²) in [6, 6.07) is -1.13. The Hall–Kier alpha value is -1.26.